The number of hydrogen-bond donors (Lipinski definition) is 0. The number of aryl methyl sites for hydroxylation is 1. The van der Waals surface area contributed by atoms with Crippen molar-refractivity contribution in [2.45, 2.75) is 50.9 Å². The number of benzene rings is 2. The number of carbonyl (C=O) groups excluding carboxylic acids is 1. The van der Waals surface area contributed by atoms with Gasteiger partial charge in [-0.1, -0.05) is 18.2 Å². The predicted molar refractivity (Wildman–Crippen MR) is 124 cm³/mol. The van der Waals surface area contributed by atoms with E-state index in [0.717, 1.165) is 31.7 Å². The monoisotopic (exact) mass is 499 g/mol. The third kappa shape index (κ3) is 3.94. The van der Waals surface area contributed by atoms with Crippen LogP contribution in [0.25, 0.3) is 11.3 Å². The van der Waals surface area contributed by atoms with E-state index in [1.807, 2.05) is 0 Å². The van der Waals surface area contributed by atoms with Gasteiger partial charge in [-0.15, -0.1) is 0 Å². The number of amides is 1. The summed E-state index contributed by atoms with van der Waals surface area (Å²) in [6, 6.07) is 9.56. The Morgan fingerprint density at radius 1 is 1.11 bits per heavy atom. The van der Waals surface area contributed by atoms with Gasteiger partial charge in [-0.2, -0.15) is 18.3 Å². The minimum absolute atomic E-state index is 0.0353. The number of halogens is 4. The van der Waals surface area contributed by atoms with Crippen molar-refractivity contribution in [3.63, 3.8) is 0 Å². The van der Waals surface area contributed by atoms with Crippen molar-refractivity contribution in [2.24, 2.45) is 5.41 Å². The predicted octanol–water partition coefficient (Wildman–Crippen LogP) is 6.03. The maximum absolute atomic E-state index is 13.7. The SMILES string of the molecule is Cc1cnn(C2CC3(C2)CN(C(=O)c2ccc(F)cc2OC2CC2)C3)c1-c1ccccc1C(F)(F)F. The van der Waals surface area contributed by atoms with E-state index in [1.165, 1.54) is 30.3 Å². The second-order valence-corrected chi connectivity index (χ2v) is 10.3. The van der Waals surface area contributed by atoms with Crippen LogP contribution in [-0.4, -0.2) is 39.8 Å². The summed E-state index contributed by atoms with van der Waals surface area (Å²) in [5.74, 6) is -0.342. The molecule has 1 spiro atoms. The number of ether oxygens (including phenoxy) is 1. The van der Waals surface area contributed by atoms with Crippen molar-refractivity contribution in [1.82, 2.24) is 14.7 Å². The summed E-state index contributed by atoms with van der Waals surface area (Å²) in [5, 5.41) is 4.43. The molecule has 1 amide bonds. The van der Waals surface area contributed by atoms with Gasteiger partial charge in [0, 0.05) is 30.1 Å². The maximum atomic E-state index is 13.7. The van der Waals surface area contributed by atoms with Crippen molar-refractivity contribution >= 4 is 5.91 Å². The molecule has 1 aromatic heterocycles. The maximum Gasteiger partial charge on any atom is 0.417 e. The molecule has 0 atom stereocenters. The summed E-state index contributed by atoms with van der Waals surface area (Å²) >= 11 is 0. The quantitative estimate of drug-likeness (QED) is 0.403. The van der Waals surface area contributed by atoms with Gasteiger partial charge >= 0.3 is 6.18 Å². The third-order valence-corrected chi connectivity index (χ3v) is 7.48. The lowest BCUT2D eigenvalue weighted by Gasteiger charge is -2.59. The van der Waals surface area contributed by atoms with E-state index >= 15 is 0 Å². The Hall–Kier alpha value is -3.36. The Kier molecular flexibility index (Phi) is 5.18. The van der Waals surface area contributed by atoms with Gasteiger partial charge in [-0.3, -0.25) is 9.48 Å². The van der Waals surface area contributed by atoms with Crippen LogP contribution in [0.2, 0.25) is 0 Å². The second-order valence-electron chi connectivity index (χ2n) is 10.3. The minimum atomic E-state index is -4.46. The van der Waals surface area contributed by atoms with E-state index in [9.17, 15) is 22.4 Å². The summed E-state index contributed by atoms with van der Waals surface area (Å²) in [4.78, 5) is 14.8. The first kappa shape index (κ1) is 23.1. The first-order valence-electron chi connectivity index (χ1n) is 12.1. The van der Waals surface area contributed by atoms with Gasteiger partial charge in [0.25, 0.3) is 5.91 Å². The van der Waals surface area contributed by atoms with Crippen LogP contribution in [0.5, 0.6) is 5.75 Å². The van der Waals surface area contributed by atoms with Gasteiger partial charge in [0.05, 0.1) is 35.2 Å². The Morgan fingerprint density at radius 2 is 1.83 bits per heavy atom. The van der Waals surface area contributed by atoms with Crippen molar-refractivity contribution in [2.75, 3.05) is 13.1 Å². The molecule has 0 radical (unpaired) electrons. The standard InChI is InChI=1S/C27H25F4N3O2/c1-16-13-32-34(24(16)20-4-2-3-5-22(20)27(29,30)31)18-11-26(12-18)14-33(15-26)25(35)21-9-6-17(28)10-23(21)36-19-7-8-19/h2-6,9-10,13,18-19H,7-8,11-12,14-15H2,1H3. The van der Waals surface area contributed by atoms with E-state index in [0.29, 0.717) is 29.9 Å². The lowest BCUT2D eigenvalue weighted by molar-refractivity contribution is -0.137. The van der Waals surface area contributed by atoms with Crippen LogP contribution in [0.3, 0.4) is 0 Å². The number of nitrogens with zero attached hydrogens (tertiary/aromatic N) is 3. The highest BCUT2D eigenvalue weighted by atomic mass is 19.4. The third-order valence-electron chi connectivity index (χ3n) is 7.48. The van der Waals surface area contributed by atoms with Crippen LogP contribution in [0.15, 0.2) is 48.7 Å². The van der Waals surface area contributed by atoms with E-state index in [1.54, 1.807) is 28.8 Å². The van der Waals surface area contributed by atoms with E-state index in [2.05, 4.69) is 5.10 Å². The zero-order valence-corrected chi connectivity index (χ0v) is 19.7. The number of aromatic nitrogens is 2. The van der Waals surface area contributed by atoms with Crippen LogP contribution >= 0.6 is 0 Å². The molecule has 188 valence electrons. The minimum Gasteiger partial charge on any atom is -0.489 e. The summed E-state index contributed by atoms with van der Waals surface area (Å²) in [5.41, 5.74) is 0.931. The molecule has 3 fully saturated rings. The molecule has 6 rings (SSSR count). The molecule has 1 aliphatic heterocycles. The molecule has 0 bridgehead atoms. The summed E-state index contributed by atoms with van der Waals surface area (Å²) in [7, 11) is 0. The van der Waals surface area contributed by atoms with Crippen LogP contribution in [0.4, 0.5) is 17.6 Å². The average Bonchev–Trinajstić information content (AvgIpc) is 3.51. The molecule has 0 unspecified atom stereocenters. The molecule has 2 saturated carbocycles. The molecule has 9 heteroatoms. The Bertz CT molecular complexity index is 1330. The topological polar surface area (TPSA) is 47.4 Å². The van der Waals surface area contributed by atoms with Gasteiger partial charge in [-0.05, 0) is 56.4 Å². The first-order valence-corrected chi connectivity index (χ1v) is 12.1. The number of alkyl halides is 3. The molecule has 1 saturated heterocycles. The molecular formula is C27H25F4N3O2. The Balaban J connectivity index is 1.16. The highest BCUT2D eigenvalue weighted by molar-refractivity contribution is 5.97. The summed E-state index contributed by atoms with van der Waals surface area (Å²) in [6.45, 7) is 2.88. The molecule has 3 aliphatic rings. The summed E-state index contributed by atoms with van der Waals surface area (Å²) < 4.78 is 62.2. The van der Waals surface area contributed by atoms with Gasteiger partial charge in [0.2, 0.25) is 0 Å². The zero-order chi connectivity index (χ0) is 25.2. The van der Waals surface area contributed by atoms with E-state index in [4.69, 9.17) is 4.74 Å². The number of carbonyl (C=O) groups is 1. The molecule has 2 aromatic carbocycles. The number of likely N-dealkylation sites (tertiary alicyclic amines) is 1. The molecular weight excluding hydrogens is 474 g/mol. The molecule has 5 nitrogen and oxygen atoms in total. The average molecular weight is 500 g/mol. The normalized spacial score (nSPS) is 19.2. The second kappa shape index (κ2) is 8.08. The van der Waals surface area contributed by atoms with Crippen LogP contribution in [0, 0.1) is 18.2 Å². The van der Waals surface area contributed by atoms with Crippen LogP contribution in [-0.2, 0) is 6.18 Å². The highest BCUT2D eigenvalue weighted by Gasteiger charge is 2.55. The largest absolute Gasteiger partial charge is 0.489 e. The molecule has 0 N–H and O–H groups in total. The van der Waals surface area contributed by atoms with Gasteiger partial charge < -0.3 is 9.64 Å². The summed E-state index contributed by atoms with van der Waals surface area (Å²) in [6.07, 6.45) is 0.460. The molecule has 2 aliphatic carbocycles. The lowest BCUT2D eigenvalue weighted by Crippen LogP contribution is -2.63. The smallest absolute Gasteiger partial charge is 0.417 e. The van der Waals surface area contributed by atoms with Crippen LogP contribution in [0.1, 0.15) is 53.2 Å². The Labute approximate surface area is 205 Å². The van der Waals surface area contributed by atoms with Crippen molar-refractivity contribution in [3.05, 3.63) is 71.2 Å². The van der Waals surface area contributed by atoms with E-state index in [-0.39, 0.29) is 34.8 Å². The highest BCUT2D eigenvalue weighted by Crippen LogP contribution is 2.55. The van der Waals surface area contributed by atoms with Crippen LogP contribution < -0.4 is 4.74 Å². The first-order chi connectivity index (χ1) is 17.1. The molecule has 36 heavy (non-hydrogen) atoms. The molecule has 2 heterocycles. The number of hydrogen-bond acceptors (Lipinski definition) is 3. The van der Waals surface area contributed by atoms with Crippen molar-refractivity contribution in [3.8, 4) is 17.0 Å². The van der Waals surface area contributed by atoms with E-state index < -0.39 is 17.6 Å². The van der Waals surface area contributed by atoms with Gasteiger partial charge in [-0.25, -0.2) is 4.39 Å². The fourth-order valence-corrected chi connectivity index (χ4v) is 5.58. The van der Waals surface area contributed by atoms with Crippen molar-refractivity contribution < 1.29 is 27.1 Å². The fraction of sp³-hybridized carbons (Fsp3) is 0.407. The Morgan fingerprint density at radius 3 is 2.53 bits per heavy atom. The zero-order valence-electron chi connectivity index (χ0n) is 19.7. The van der Waals surface area contributed by atoms with Crippen molar-refractivity contribution in [1.29, 1.82) is 0 Å². The number of rotatable bonds is 5. The lowest BCUT2D eigenvalue weighted by atomic mass is 9.60. The molecule has 3 aromatic rings. The van der Waals surface area contributed by atoms with Gasteiger partial charge in [0.1, 0.15) is 11.6 Å². The fourth-order valence-electron chi connectivity index (χ4n) is 5.58. The van der Waals surface area contributed by atoms with Gasteiger partial charge in [0.15, 0.2) is 0 Å².